The minimum absolute atomic E-state index is 0.0618. The van der Waals surface area contributed by atoms with Crippen LogP contribution in [-0.2, 0) is 47.9 Å². The normalized spacial score (nSPS) is 16.1. The van der Waals surface area contributed by atoms with Crippen LogP contribution in [0.25, 0.3) is 0 Å². The number of hydrogen-bond donors (Lipinski definition) is 15. The van der Waals surface area contributed by atoms with Gasteiger partial charge in [0.25, 0.3) is 0 Å². The van der Waals surface area contributed by atoms with Gasteiger partial charge in [0.05, 0.1) is 37.8 Å². The van der Waals surface area contributed by atoms with Gasteiger partial charge < -0.3 is 69.9 Å². The highest BCUT2D eigenvalue weighted by atomic mass is 32.1. The number of amides is 10. The number of carbonyl (C=O) groups excluding carboxylic acids is 10. The van der Waals surface area contributed by atoms with Crippen molar-refractivity contribution in [3.05, 3.63) is 0 Å². The molecule has 25 heteroatoms. The van der Waals surface area contributed by atoms with Crippen LogP contribution in [0.2, 0.25) is 0 Å². The summed E-state index contributed by atoms with van der Waals surface area (Å²) in [5.41, 5.74) is 16.0. The molecule has 0 aromatic rings. The summed E-state index contributed by atoms with van der Waals surface area (Å²) < 4.78 is 0. The minimum Gasteiger partial charge on any atom is -0.391 e. The van der Waals surface area contributed by atoms with E-state index in [-0.39, 0.29) is 23.8 Å². The van der Waals surface area contributed by atoms with Crippen molar-refractivity contribution < 1.29 is 58.2 Å². The Bertz CT molecular complexity index is 1500. The summed E-state index contributed by atoms with van der Waals surface area (Å²) in [6.07, 6.45) is -3.40. The zero-order chi connectivity index (χ0) is 45.7. The molecule has 10 amide bonds. The molecule has 0 fully saturated rings. The van der Waals surface area contributed by atoms with Gasteiger partial charge in [-0.25, -0.2) is 0 Å². The molecule has 0 saturated carbocycles. The molecule has 23 nitrogen and oxygen atoms in total. The largest absolute Gasteiger partial charge is 0.391 e. The van der Waals surface area contributed by atoms with Crippen molar-refractivity contribution >= 4 is 84.3 Å². The lowest BCUT2D eigenvalue weighted by atomic mass is 9.96. The fourth-order valence-electron chi connectivity index (χ4n) is 5.02. The standard InChI is InChI=1S/C34H61N11O12S2/c1-7-15(4)25(43-34(57)27(17(6)47)44-28(51)18(35)12-58)32(55)45-26(16(5)46)33(56)41-20(9-22(36)48)31(54)42-21(13-59)30(53)39-11-24(50)40-19(8-14(2)3)29(52)38-10-23(37)49/h14-21,25-27,46-47,58-59H,7-13,35H2,1-6H3,(H2,36,48)(H2,37,49)(H,38,52)(H,39,53)(H,40,50)(H,41,56)(H,42,54)(H,43,57)(H,44,51)(H,45,55)/t15-,16+,17+,18-,19-,20-,21-,25-,26-,27-/m0/s1. The maximum Gasteiger partial charge on any atom is 0.245 e. The molecule has 0 aliphatic carbocycles. The van der Waals surface area contributed by atoms with E-state index in [2.05, 4.69) is 67.8 Å². The predicted octanol–water partition coefficient (Wildman–Crippen LogP) is -6.47. The molecule has 0 bridgehead atoms. The van der Waals surface area contributed by atoms with Crippen molar-refractivity contribution in [1.82, 2.24) is 42.5 Å². The molecule has 0 aromatic carbocycles. The van der Waals surface area contributed by atoms with Crippen LogP contribution in [0.3, 0.4) is 0 Å². The zero-order valence-corrected chi connectivity index (χ0v) is 35.7. The van der Waals surface area contributed by atoms with E-state index in [0.29, 0.717) is 6.42 Å². The van der Waals surface area contributed by atoms with Crippen LogP contribution in [0.1, 0.15) is 60.8 Å². The van der Waals surface area contributed by atoms with E-state index < -0.39 is 139 Å². The maximum absolute atomic E-state index is 13.6. The van der Waals surface area contributed by atoms with Gasteiger partial charge in [-0.2, -0.15) is 25.3 Å². The summed E-state index contributed by atoms with van der Waals surface area (Å²) in [7, 11) is 0. The van der Waals surface area contributed by atoms with E-state index in [1.54, 1.807) is 27.7 Å². The molecule has 0 aromatic heterocycles. The van der Waals surface area contributed by atoms with Crippen molar-refractivity contribution in [2.45, 2.75) is 115 Å². The average Bonchev–Trinajstić information content (AvgIpc) is 3.15. The van der Waals surface area contributed by atoms with Gasteiger partial charge >= 0.3 is 0 Å². The van der Waals surface area contributed by atoms with Crippen molar-refractivity contribution in [3.8, 4) is 0 Å². The average molecular weight is 880 g/mol. The Morgan fingerprint density at radius 1 is 0.542 bits per heavy atom. The van der Waals surface area contributed by atoms with Crippen LogP contribution in [0.4, 0.5) is 0 Å². The Labute approximate surface area is 353 Å². The number of nitrogens with two attached hydrogens (primary N) is 3. The maximum atomic E-state index is 13.6. The molecule has 0 heterocycles. The van der Waals surface area contributed by atoms with Crippen LogP contribution in [0.15, 0.2) is 0 Å². The van der Waals surface area contributed by atoms with Crippen LogP contribution in [0.5, 0.6) is 0 Å². The smallest absolute Gasteiger partial charge is 0.245 e. The van der Waals surface area contributed by atoms with Crippen molar-refractivity contribution in [2.75, 3.05) is 24.6 Å². The van der Waals surface area contributed by atoms with E-state index in [1.165, 1.54) is 6.92 Å². The second-order valence-corrected chi connectivity index (χ2v) is 15.0. The van der Waals surface area contributed by atoms with Crippen LogP contribution in [-0.4, -0.2) is 148 Å². The third kappa shape index (κ3) is 20.2. The highest BCUT2D eigenvalue weighted by Crippen LogP contribution is 2.11. The molecular weight excluding hydrogens is 819 g/mol. The first kappa shape index (κ1) is 54.3. The molecule has 0 spiro atoms. The van der Waals surface area contributed by atoms with Crippen LogP contribution in [0, 0.1) is 11.8 Å². The third-order valence-electron chi connectivity index (χ3n) is 8.52. The number of nitrogens with one attached hydrogen (secondary N) is 8. The molecule has 0 aliphatic heterocycles. The van der Waals surface area contributed by atoms with E-state index >= 15 is 0 Å². The second-order valence-electron chi connectivity index (χ2n) is 14.2. The van der Waals surface area contributed by atoms with Crippen LogP contribution >= 0.6 is 25.3 Å². The van der Waals surface area contributed by atoms with Gasteiger partial charge in [-0.05, 0) is 32.1 Å². The molecular formula is C34H61N11O12S2. The van der Waals surface area contributed by atoms with Crippen molar-refractivity contribution in [2.24, 2.45) is 29.0 Å². The van der Waals surface area contributed by atoms with Crippen molar-refractivity contribution in [3.63, 3.8) is 0 Å². The molecule has 59 heavy (non-hydrogen) atoms. The Morgan fingerprint density at radius 2 is 1.00 bits per heavy atom. The number of hydrogen-bond acceptors (Lipinski definition) is 15. The Kier molecular flexibility index (Phi) is 24.9. The van der Waals surface area contributed by atoms with Gasteiger partial charge in [0, 0.05) is 11.5 Å². The fourth-order valence-corrected chi connectivity index (χ4v) is 5.44. The lowest BCUT2D eigenvalue weighted by molar-refractivity contribution is -0.138. The lowest BCUT2D eigenvalue weighted by Gasteiger charge is -2.30. The summed E-state index contributed by atoms with van der Waals surface area (Å²) in [6.45, 7) is 8.07. The number of primary amides is 2. The summed E-state index contributed by atoms with van der Waals surface area (Å²) in [6, 6.07) is -10.1. The first-order valence-electron chi connectivity index (χ1n) is 18.7. The van der Waals surface area contributed by atoms with E-state index in [0.717, 1.165) is 6.92 Å². The van der Waals surface area contributed by atoms with Crippen LogP contribution < -0.4 is 59.7 Å². The predicted molar refractivity (Wildman–Crippen MR) is 219 cm³/mol. The number of rotatable bonds is 27. The highest BCUT2D eigenvalue weighted by Gasteiger charge is 2.37. The summed E-state index contributed by atoms with van der Waals surface area (Å²) in [5, 5.41) is 39.3. The van der Waals surface area contributed by atoms with Crippen molar-refractivity contribution in [1.29, 1.82) is 0 Å². The number of thiol groups is 2. The monoisotopic (exact) mass is 879 g/mol. The Hall–Kier alpha value is -4.72. The minimum atomic E-state index is -1.80. The molecule has 10 atom stereocenters. The highest BCUT2D eigenvalue weighted by molar-refractivity contribution is 7.80. The van der Waals surface area contributed by atoms with E-state index in [9.17, 15) is 58.2 Å². The first-order chi connectivity index (χ1) is 27.4. The summed E-state index contributed by atoms with van der Waals surface area (Å²) in [4.78, 5) is 127. The first-order valence-corrected chi connectivity index (χ1v) is 19.9. The Morgan fingerprint density at radius 3 is 1.46 bits per heavy atom. The molecule has 0 unspecified atom stereocenters. The summed E-state index contributed by atoms with van der Waals surface area (Å²) in [5.74, 6) is -10.4. The van der Waals surface area contributed by atoms with Gasteiger partial charge in [-0.1, -0.05) is 34.1 Å². The van der Waals surface area contributed by atoms with Gasteiger partial charge in [0.2, 0.25) is 59.1 Å². The van der Waals surface area contributed by atoms with E-state index in [1.807, 2.05) is 0 Å². The quantitative estimate of drug-likeness (QED) is 0.0342. The molecule has 0 radical (unpaired) electrons. The SMILES string of the molecule is CC[C@H](C)[C@H](NC(=O)[C@@H](NC(=O)[C@@H](N)CS)[C@@H](C)O)C(=O)N[C@H](C(=O)N[C@@H](CC(N)=O)C(=O)N[C@@H](CS)C(=O)NCC(=O)N[C@@H](CC(C)C)C(=O)NCC(N)=O)[C@@H](C)O. The molecule has 16 N–H and O–H groups in total. The fraction of sp³-hybridized carbons (Fsp3) is 0.706. The topological polar surface area (TPSA) is 385 Å². The second kappa shape index (κ2) is 27.1. The lowest BCUT2D eigenvalue weighted by Crippen LogP contribution is -2.63. The molecule has 336 valence electrons. The number of carbonyl (C=O) groups is 10. The molecule has 0 rings (SSSR count). The number of aliphatic hydroxyl groups is 2. The van der Waals surface area contributed by atoms with Gasteiger partial charge in [-0.3, -0.25) is 47.9 Å². The van der Waals surface area contributed by atoms with E-state index in [4.69, 9.17) is 17.2 Å². The molecule has 0 saturated heterocycles. The van der Waals surface area contributed by atoms with Gasteiger partial charge in [0.1, 0.15) is 36.3 Å². The Balaban J connectivity index is 5.95. The number of aliphatic hydroxyl groups excluding tert-OH is 2. The summed E-state index contributed by atoms with van der Waals surface area (Å²) >= 11 is 7.99. The third-order valence-corrected chi connectivity index (χ3v) is 9.28. The molecule has 0 aliphatic rings. The zero-order valence-electron chi connectivity index (χ0n) is 33.9. The van der Waals surface area contributed by atoms with Gasteiger partial charge in [-0.15, -0.1) is 0 Å². The van der Waals surface area contributed by atoms with Gasteiger partial charge in [0.15, 0.2) is 0 Å².